The van der Waals surface area contributed by atoms with Gasteiger partial charge in [0.15, 0.2) is 0 Å². The molecule has 0 aliphatic rings. The smallest absolute Gasteiger partial charge is 0.319 e. The molecular weight excluding hydrogens is 484 g/mol. The number of amides is 3. The molecule has 1 heterocycles. The number of nitrogens with zero attached hydrogens (tertiary/aromatic N) is 2. The Labute approximate surface area is 197 Å². The molecule has 2 rings (SSSR count). The van der Waals surface area contributed by atoms with Gasteiger partial charge in [-0.1, -0.05) is 11.6 Å². The van der Waals surface area contributed by atoms with Crippen LogP contribution in [0.3, 0.4) is 0 Å². The molecule has 6 N–H and O–H groups in total. The zero-order chi connectivity index (χ0) is 24.4. The van der Waals surface area contributed by atoms with Gasteiger partial charge in [0.25, 0.3) is 5.91 Å². The van der Waals surface area contributed by atoms with Crippen molar-refractivity contribution in [2.24, 2.45) is 5.73 Å². The van der Waals surface area contributed by atoms with Crippen LogP contribution in [0.15, 0.2) is 12.1 Å². The van der Waals surface area contributed by atoms with Crippen molar-refractivity contribution in [1.29, 1.82) is 0 Å². The van der Waals surface area contributed by atoms with E-state index in [1.165, 1.54) is 0 Å². The van der Waals surface area contributed by atoms with Crippen LogP contribution in [0.2, 0.25) is 5.02 Å². The summed E-state index contributed by atoms with van der Waals surface area (Å²) in [5.41, 5.74) is 5.01. The maximum absolute atomic E-state index is 13.9. The van der Waals surface area contributed by atoms with E-state index in [0.717, 1.165) is 23.7 Å². The number of rotatable bonds is 13. The van der Waals surface area contributed by atoms with E-state index in [9.17, 15) is 18.4 Å². The number of urea groups is 1. The predicted molar refractivity (Wildman–Crippen MR) is 119 cm³/mol. The molecule has 0 bridgehead atoms. The number of nitrogens with two attached hydrogens (primary N) is 1. The van der Waals surface area contributed by atoms with Crippen molar-refractivity contribution >= 4 is 40.1 Å². The highest BCUT2D eigenvalue weighted by molar-refractivity contribution is 7.11. The van der Waals surface area contributed by atoms with Crippen LogP contribution in [0.4, 0.5) is 18.6 Å². The second-order valence-corrected chi connectivity index (χ2v) is 7.91. The molecule has 0 atom stereocenters. The number of hydrogen-bond acceptors (Lipinski definition) is 8. The molecule has 3 amide bonds. The van der Waals surface area contributed by atoms with Gasteiger partial charge in [-0.15, -0.1) is 0 Å². The van der Waals surface area contributed by atoms with Gasteiger partial charge < -0.3 is 26.0 Å². The van der Waals surface area contributed by atoms with Crippen LogP contribution in [-0.4, -0.2) is 70.8 Å². The number of anilines is 1. The second kappa shape index (κ2) is 13.2. The van der Waals surface area contributed by atoms with Crippen molar-refractivity contribution in [3.05, 3.63) is 39.9 Å². The van der Waals surface area contributed by atoms with Crippen molar-refractivity contribution in [2.75, 3.05) is 44.7 Å². The molecule has 0 saturated carbocycles. The molecule has 2 aromatic rings. The van der Waals surface area contributed by atoms with E-state index >= 15 is 0 Å². The van der Waals surface area contributed by atoms with Gasteiger partial charge in [-0.05, 0) is 36.6 Å². The molecule has 0 aliphatic carbocycles. The molecule has 182 valence electrons. The number of benzene rings is 1. The average Bonchev–Trinajstić information content (AvgIpc) is 3.15. The zero-order valence-electron chi connectivity index (χ0n) is 17.4. The Morgan fingerprint density at radius 1 is 1.18 bits per heavy atom. The lowest BCUT2D eigenvalue weighted by atomic mass is 10.2. The highest BCUT2D eigenvalue weighted by Gasteiger charge is 2.22. The number of ether oxygens (including phenoxy) is 1. The molecule has 0 aliphatic heterocycles. The summed E-state index contributed by atoms with van der Waals surface area (Å²) in [5.74, 6) is -2.80. The minimum atomic E-state index is -0.930. The normalized spacial score (nSPS) is 11.0. The number of aromatic nitrogens is 1. The Balaban J connectivity index is 1.94. The molecule has 10 nitrogen and oxygen atoms in total. The number of aliphatic hydroxyl groups is 2. The lowest BCUT2D eigenvalue weighted by Gasteiger charge is -2.19. The minimum absolute atomic E-state index is 0.0277. The third kappa shape index (κ3) is 8.05. The first-order valence-electron chi connectivity index (χ1n) is 9.81. The average molecular weight is 508 g/mol. The Morgan fingerprint density at radius 2 is 1.88 bits per heavy atom. The number of aliphatic hydroxyl groups excluding tert-OH is 2. The fourth-order valence-electron chi connectivity index (χ4n) is 2.77. The summed E-state index contributed by atoms with van der Waals surface area (Å²) in [6.07, 6.45) is 0.552. The maximum Gasteiger partial charge on any atom is 0.319 e. The van der Waals surface area contributed by atoms with Crippen LogP contribution in [0.5, 0.6) is 5.88 Å². The number of carbonyl (C=O) groups is 2. The third-order valence-corrected chi connectivity index (χ3v) is 5.39. The first-order valence-corrected chi connectivity index (χ1v) is 11.0. The first kappa shape index (κ1) is 26.7. The first-order chi connectivity index (χ1) is 15.8. The molecule has 0 spiro atoms. The number of primary amides is 1. The van der Waals surface area contributed by atoms with Crippen LogP contribution in [0.25, 0.3) is 0 Å². The van der Waals surface area contributed by atoms with Gasteiger partial charge in [0.1, 0.15) is 28.8 Å². The Morgan fingerprint density at radius 3 is 2.52 bits per heavy atom. The van der Waals surface area contributed by atoms with E-state index < -0.39 is 30.2 Å². The number of hydrogen-bond donors (Lipinski definition) is 5. The van der Waals surface area contributed by atoms with Crippen molar-refractivity contribution in [3.8, 4) is 5.88 Å². The summed E-state index contributed by atoms with van der Waals surface area (Å²) in [6.45, 7) is 1.12. The highest BCUT2D eigenvalue weighted by atomic mass is 35.5. The van der Waals surface area contributed by atoms with Gasteiger partial charge in [0, 0.05) is 25.2 Å². The zero-order valence-corrected chi connectivity index (χ0v) is 19.0. The summed E-state index contributed by atoms with van der Waals surface area (Å²) in [4.78, 5) is 25.9. The second-order valence-electron chi connectivity index (χ2n) is 6.73. The lowest BCUT2D eigenvalue weighted by Crippen LogP contribution is -2.35. The minimum Gasteiger partial charge on any atom is -0.471 e. The van der Waals surface area contributed by atoms with Crippen molar-refractivity contribution < 1.29 is 33.3 Å². The largest absolute Gasteiger partial charge is 0.471 e. The fraction of sp³-hybridized carbons (Fsp3) is 0.421. The number of carbonyl (C=O) groups excluding carboxylic acids is 2. The maximum atomic E-state index is 13.9. The van der Waals surface area contributed by atoms with E-state index in [2.05, 4.69) is 15.0 Å². The molecule has 0 unspecified atom stereocenters. The SMILES string of the molecule is NC(=O)c1c(OCc2cc(F)c(Cl)cc2F)nsc1NC(=O)NCCCN(CCO)CCO. The molecule has 33 heavy (non-hydrogen) atoms. The molecular formula is C19H24ClF2N5O5S. The number of halogens is 3. The van der Waals surface area contributed by atoms with Crippen molar-refractivity contribution in [1.82, 2.24) is 14.6 Å². The van der Waals surface area contributed by atoms with Crippen LogP contribution >= 0.6 is 23.1 Å². The quantitative estimate of drug-likeness (QED) is 0.204. The van der Waals surface area contributed by atoms with Crippen LogP contribution in [0, 0.1) is 11.6 Å². The van der Waals surface area contributed by atoms with Crippen LogP contribution < -0.4 is 21.1 Å². The summed E-state index contributed by atoms with van der Waals surface area (Å²) < 4.78 is 36.7. The van der Waals surface area contributed by atoms with E-state index in [1.54, 1.807) is 0 Å². The molecule has 0 saturated heterocycles. The van der Waals surface area contributed by atoms with Gasteiger partial charge in [0.2, 0.25) is 5.88 Å². The van der Waals surface area contributed by atoms with E-state index in [0.29, 0.717) is 26.1 Å². The molecule has 0 fully saturated rings. The van der Waals surface area contributed by atoms with Crippen LogP contribution in [-0.2, 0) is 6.61 Å². The number of nitrogens with one attached hydrogen (secondary N) is 2. The predicted octanol–water partition coefficient (Wildman–Crippen LogP) is 1.55. The van der Waals surface area contributed by atoms with Gasteiger partial charge in [0.05, 0.1) is 18.2 Å². The molecule has 0 radical (unpaired) electrons. The summed E-state index contributed by atoms with van der Waals surface area (Å²) in [5, 5.41) is 22.7. The van der Waals surface area contributed by atoms with E-state index in [1.807, 2.05) is 4.90 Å². The van der Waals surface area contributed by atoms with Gasteiger partial charge in [-0.3, -0.25) is 15.0 Å². The van der Waals surface area contributed by atoms with E-state index in [-0.39, 0.29) is 46.8 Å². The van der Waals surface area contributed by atoms with Crippen LogP contribution in [0.1, 0.15) is 22.3 Å². The molecule has 14 heteroatoms. The molecule has 1 aromatic carbocycles. The highest BCUT2D eigenvalue weighted by Crippen LogP contribution is 2.31. The Hall–Kier alpha value is -2.58. The third-order valence-electron chi connectivity index (χ3n) is 4.36. The standard InChI is InChI=1S/C19H24ClF2N5O5S/c20-12-9-13(21)11(8-14(12)22)10-32-17-15(16(23)30)18(33-26-17)25-19(31)24-2-1-3-27(4-6-28)5-7-29/h8-9,28-29H,1-7,10H2,(H2,23,30)(H2,24,25,31). The summed E-state index contributed by atoms with van der Waals surface area (Å²) in [7, 11) is 0. The van der Waals surface area contributed by atoms with Gasteiger partial charge in [-0.25, -0.2) is 13.6 Å². The van der Waals surface area contributed by atoms with E-state index in [4.69, 9.17) is 32.3 Å². The van der Waals surface area contributed by atoms with Gasteiger partial charge >= 0.3 is 6.03 Å². The Bertz CT molecular complexity index is 959. The van der Waals surface area contributed by atoms with Crippen molar-refractivity contribution in [2.45, 2.75) is 13.0 Å². The Kier molecular flexibility index (Phi) is 10.7. The topological polar surface area (TPSA) is 150 Å². The monoisotopic (exact) mass is 507 g/mol. The molecule has 1 aromatic heterocycles. The summed E-state index contributed by atoms with van der Waals surface area (Å²) >= 11 is 6.25. The fourth-order valence-corrected chi connectivity index (χ4v) is 3.65. The lowest BCUT2D eigenvalue weighted by molar-refractivity contribution is 0.0996. The summed E-state index contributed by atoms with van der Waals surface area (Å²) in [6, 6.07) is 1.05. The van der Waals surface area contributed by atoms with Crippen molar-refractivity contribution in [3.63, 3.8) is 0 Å². The van der Waals surface area contributed by atoms with Gasteiger partial charge in [-0.2, -0.15) is 4.37 Å².